The fourth-order valence-electron chi connectivity index (χ4n) is 2.26. The van der Waals surface area contributed by atoms with E-state index in [0.717, 1.165) is 19.5 Å². The van der Waals surface area contributed by atoms with Gasteiger partial charge in [-0.15, -0.1) is 0 Å². The quantitative estimate of drug-likeness (QED) is 0.590. The predicted molar refractivity (Wildman–Crippen MR) is 51.0 cm³/mol. The normalized spacial score (nSPS) is 31.9. The fourth-order valence-corrected chi connectivity index (χ4v) is 3.12. The van der Waals surface area contributed by atoms with Gasteiger partial charge in [0.05, 0.1) is 6.26 Å². The molecule has 0 aliphatic carbocycles. The van der Waals surface area contributed by atoms with Crippen LogP contribution in [0.25, 0.3) is 0 Å². The maximum atomic E-state index is 11.3. The molecule has 1 atom stereocenters. The number of fused-ring (bicyclic) bond motifs is 1. The van der Waals surface area contributed by atoms with Crippen molar-refractivity contribution in [3.63, 3.8) is 0 Å². The van der Waals surface area contributed by atoms with Gasteiger partial charge in [-0.3, -0.25) is 4.90 Å². The maximum Gasteiger partial charge on any atom is 0.211 e. The van der Waals surface area contributed by atoms with Gasteiger partial charge in [0, 0.05) is 25.7 Å². The van der Waals surface area contributed by atoms with Crippen LogP contribution in [0.2, 0.25) is 0 Å². The molecule has 0 spiro atoms. The Morgan fingerprint density at radius 2 is 2.00 bits per heavy atom. The van der Waals surface area contributed by atoms with Crippen LogP contribution in [0.1, 0.15) is 12.8 Å². The molecule has 13 heavy (non-hydrogen) atoms. The van der Waals surface area contributed by atoms with E-state index in [1.165, 1.54) is 12.7 Å². The van der Waals surface area contributed by atoms with Gasteiger partial charge in [0.25, 0.3) is 0 Å². The van der Waals surface area contributed by atoms with Crippen LogP contribution in [-0.2, 0) is 10.0 Å². The summed E-state index contributed by atoms with van der Waals surface area (Å²) < 4.78 is 24.2. The van der Waals surface area contributed by atoms with Crippen molar-refractivity contribution >= 4 is 10.0 Å². The monoisotopic (exact) mass is 204 g/mol. The number of nitrogens with zero attached hydrogens (tertiary/aromatic N) is 2. The van der Waals surface area contributed by atoms with E-state index in [0.29, 0.717) is 19.1 Å². The third kappa shape index (κ3) is 1.87. The van der Waals surface area contributed by atoms with Crippen LogP contribution >= 0.6 is 0 Å². The van der Waals surface area contributed by atoms with E-state index in [-0.39, 0.29) is 0 Å². The van der Waals surface area contributed by atoms with Gasteiger partial charge in [0.1, 0.15) is 0 Å². The Morgan fingerprint density at radius 3 is 2.69 bits per heavy atom. The predicted octanol–water partition coefficient (Wildman–Crippen LogP) is -0.274. The first-order valence-electron chi connectivity index (χ1n) is 4.76. The van der Waals surface area contributed by atoms with Gasteiger partial charge in [0.2, 0.25) is 10.0 Å². The summed E-state index contributed by atoms with van der Waals surface area (Å²) in [7, 11) is -2.96. The van der Waals surface area contributed by atoms with Crippen molar-refractivity contribution in [3.8, 4) is 0 Å². The van der Waals surface area contributed by atoms with Gasteiger partial charge in [-0.1, -0.05) is 0 Å². The molecule has 2 rings (SSSR count). The van der Waals surface area contributed by atoms with E-state index in [2.05, 4.69) is 4.90 Å². The zero-order chi connectivity index (χ0) is 9.47. The lowest BCUT2D eigenvalue weighted by Crippen LogP contribution is -2.51. The average Bonchev–Trinajstić information content (AvgIpc) is 2.47. The average molecular weight is 204 g/mol. The standard InChI is InChI=1S/C8H16N2O2S/c1-13(11,12)10-6-5-9-4-2-3-8(9)7-10/h8H,2-7H2,1H3/t8-/m1/s1. The zero-order valence-electron chi connectivity index (χ0n) is 7.94. The number of sulfonamides is 1. The Labute approximate surface area is 79.6 Å². The summed E-state index contributed by atoms with van der Waals surface area (Å²) in [6.45, 7) is 3.45. The van der Waals surface area contributed by atoms with Crippen molar-refractivity contribution in [1.29, 1.82) is 0 Å². The van der Waals surface area contributed by atoms with Crippen molar-refractivity contribution in [2.24, 2.45) is 0 Å². The molecule has 0 N–H and O–H groups in total. The molecule has 4 nitrogen and oxygen atoms in total. The highest BCUT2D eigenvalue weighted by Crippen LogP contribution is 2.22. The third-order valence-electron chi connectivity index (χ3n) is 3.02. The summed E-state index contributed by atoms with van der Waals surface area (Å²) in [5.74, 6) is 0. The number of hydrogen-bond acceptors (Lipinski definition) is 3. The molecule has 5 heteroatoms. The van der Waals surface area contributed by atoms with Crippen LogP contribution in [0.3, 0.4) is 0 Å². The van der Waals surface area contributed by atoms with E-state index in [4.69, 9.17) is 0 Å². The lowest BCUT2D eigenvalue weighted by molar-refractivity contribution is 0.159. The molecule has 0 aromatic heterocycles. The zero-order valence-corrected chi connectivity index (χ0v) is 8.76. The van der Waals surface area contributed by atoms with E-state index in [9.17, 15) is 8.42 Å². The second-order valence-electron chi connectivity index (χ2n) is 3.95. The number of hydrogen-bond donors (Lipinski definition) is 0. The molecule has 2 aliphatic rings. The molecule has 76 valence electrons. The van der Waals surface area contributed by atoms with Crippen LogP contribution in [0, 0.1) is 0 Å². The highest BCUT2D eigenvalue weighted by molar-refractivity contribution is 7.88. The minimum atomic E-state index is -2.96. The summed E-state index contributed by atoms with van der Waals surface area (Å²) in [6.07, 6.45) is 3.69. The van der Waals surface area contributed by atoms with Crippen LogP contribution in [-0.4, -0.2) is 56.1 Å². The molecule has 2 heterocycles. The molecular formula is C8H16N2O2S. The first kappa shape index (κ1) is 9.43. The van der Waals surface area contributed by atoms with Crippen LogP contribution in [0.4, 0.5) is 0 Å². The van der Waals surface area contributed by atoms with Crippen molar-refractivity contribution in [3.05, 3.63) is 0 Å². The van der Waals surface area contributed by atoms with Gasteiger partial charge < -0.3 is 0 Å². The molecule has 0 radical (unpaired) electrons. The summed E-state index contributed by atoms with van der Waals surface area (Å²) in [5.41, 5.74) is 0. The summed E-state index contributed by atoms with van der Waals surface area (Å²) in [5, 5.41) is 0. The van der Waals surface area contributed by atoms with Crippen molar-refractivity contribution in [1.82, 2.24) is 9.21 Å². The van der Waals surface area contributed by atoms with Gasteiger partial charge in [-0.05, 0) is 19.4 Å². The number of piperazine rings is 1. The molecule has 0 aromatic carbocycles. The SMILES string of the molecule is CS(=O)(=O)N1CCN2CCC[C@@H]2C1. The summed E-state index contributed by atoms with van der Waals surface area (Å²) in [4.78, 5) is 2.40. The van der Waals surface area contributed by atoms with Gasteiger partial charge in [0.15, 0.2) is 0 Å². The molecule has 0 amide bonds. The Hall–Kier alpha value is -0.130. The summed E-state index contributed by atoms with van der Waals surface area (Å²) >= 11 is 0. The highest BCUT2D eigenvalue weighted by atomic mass is 32.2. The van der Waals surface area contributed by atoms with Gasteiger partial charge in [-0.25, -0.2) is 8.42 Å². The van der Waals surface area contributed by atoms with Crippen molar-refractivity contribution in [2.75, 3.05) is 32.4 Å². The smallest absolute Gasteiger partial charge is 0.211 e. The topological polar surface area (TPSA) is 40.6 Å². The number of rotatable bonds is 1. The van der Waals surface area contributed by atoms with Crippen molar-refractivity contribution in [2.45, 2.75) is 18.9 Å². The van der Waals surface area contributed by atoms with E-state index in [1.807, 2.05) is 0 Å². The van der Waals surface area contributed by atoms with Crippen molar-refractivity contribution < 1.29 is 8.42 Å². The second kappa shape index (κ2) is 3.22. The van der Waals surface area contributed by atoms with E-state index in [1.54, 1.807) is 4.31 Å². The Bertz CT molecular complexity index is 289. The maximum absolute atomic E-state index is 11.3. The van der Waals surface area contributed by atoms with Gasteiger partial charge in [-0.2, -0.15) is 4.31 Å². The molecule has 0 bridgehead atoms. The Morgan fingerprint density at radius 1 is 1.23 bits per heavy atom. The largest absolute Gasteiger partial charge is 0.298 e. The first-order chi connectivity index (χ1) is 6.07. The molecule has 0 aromatic rings. The lowest BCUT2D eigenvalue weighted by Gasteiger charge is -2.35. The Kier molecular flexibility index (Phi) is 2.33. The molecule has 0 saturated carbocycles. The molecule has 2 fully saturated rings. The van der Waals surface area contributed by atoms with Crippen LogP contribution < -0.4 is 0 Å². The van der Waals surface area contributed by atoms with Gasteiger partial charge >= 0.3 is 0 Å². The minimum Gasteiger partial charge on any atom is -0.298 e. The first-order valence-corrected chi connectivity index (χ1v) is 6.61. The molecule has 0 unspecified atom stereocenters. The highest BCUT2D eigenvalue weighted by Gasteiger charge is 2.33. The third-order valence-corrected chi connectivity index (χ3v) is 4.29. The molecule has 2 saturated heterocycles. The van der Waals surface area contributed by atoms with Crippen LogP contribution in [0.15, 0.2) is 0 Å². The van der Waals surface area contributed by atoms with E-state index < -0.39 is 10.0 Å². The molecular weight excluding hydrogens is 188 g/mol. The second-order valence-corrected chi connectivity index (χ2v) is 5.94. The van der Waals surface area contributed by atoms with Crippen LogP contribution in [0.5, 0.6) is 0 Å². The summed E-state index contributed by atoms with van der Waals surface area (Å²) in [6, 6.07) is 0.489. The molecule has 2 aliphatic heterocycles. The fraction of sp³-hybridized carbons (Fsp3) is 1.00. The Balaban J connectivity index is 2.05. The minimum absolute atomic E-state index is 0.489. The lowest BCUT2D eigenvalue weighted by atomic mass is 10.2. The van der Waals surface area contributed by atoms with E-state index >= 15 is 0 Å².